The third-order valence-corrected chi connectivity index (χ3v) is 3.23. The molecule has 1 saturated carbocycles. The fraction of sp³-hybridized carbons (Fsp3) is 0.750. The van der Waals surface area contributed by atoms with Gasteiger partial charge in [0.05, 0.1) is 5.69 Å². The van der Waals surface area contributed by atoms with Crippen molar-refractivity contribution in [3.05, 3.63) is 17.8 Å². The number of halogens is 2. The van der Waals surface area contributed by atoms with E-state index in [2.05, 4.69) is 10.3 Å². The van der Waals surface area contributed by atoms with E-state index in [1.54, 1.807) is 0 Å². The first-order valence-electron chi connectivity index (χ1n) is 6.13. The van der Waals surface area contributed by atoms with Crippen LogP contribution in [0, 0.1) is 0 Å². The molecule has 1 atom stereocenters. The summed E-state index contributed by atoms with van der Waals surface area (Å²) in [6.07, 6.45) is 2.57. The summed E-state index contributed by atoms with van der Waals surface area (Å²) in [4.78, 5) is 4.10. The first-order valence-corrected chi connectivity index (χ1v) is 6.13. The lowest BCUT2D eigenvalue weighted by atomic mass is 9.84. The molecule has 1 heterocycles. The standard InChI is InChI=1S/C12H18F2N2O/c1-2-15-7-10-11(17-8-16-10)9-4-3-5-12(13,14)6-9/h8-9,15H,2-7H2,1H3. The summed E-state index contributed by atoms with van der Waals surface area (Å²) in [5, 5.41) is 3.14. The Morgan fingerprint density at radius 2 is 2.41 bits per heavy atom. The Bertz CT molecular complexity index is 365. The van der Waals surface area contributed by atoms with Gasteiger partial charge >= 0.3 is 0 Å². The zero-order valence-corrected chi connectivity index (χ0v) is 10.0. The van der Waals surface area contributed by atoms with E-state index in [9.17, 15) is 8.78 Å². The lowest BCUT2D eigenvalue weighted by Gasteiger charge is -2.27. The number of rotatable bonds is 4. The Balaban J connectivity index is 2.08. The molecule has 1 unspecified atom stereocenters. The normalized spacial score (nSPS) is 23.8. The lowest BCUT2D eigenvalue weighted by molar-refractivity contribution is -0.0430. The van der Waals surface area contributed by atoms with Crippen LogP contribution in [0.4, 0.5) is 8.78 Å². The van der Waals surface area contributed by atoms with Gasteiger partial charge in [-0.05, 0) is 19.4 Å². The number of nitrogens with zero attached hydrogens (tertiary/aromatic N) is 1. The molecule has 1 aromatic rings. The van der Waals surface area contributed by atoms with Crippen LogP contribution in [0.5, 0.6) is 0 Å². The van der Waals surface area contributed by atoms with Gasteiger partial charge in [0.2, 0.25) is 5.92 Å². The molecule has 1 aromatic heterocycles. The van der Waals surface area contributed by atoms with Crippen LogP contribution in [0.1, 0.15) is 50.0 Å². The van der Waals surface area contributed by atoms with E-state index in [-0.39, 0.29) is 18.8 Å². The maximum absolute atomic E-state index is 13.4. The molecule has 3 nitrogen and oxygen atoms in total. The van der Waals surface area contributed by atoms with Gasteiger partial charge in [-0.25, -0.2) is 13.8 Å². The molecule has 0 saturated heterocycles. The minimum absolute atomic E-state index is 0.000179. The predicted molar refractivity (Wildman–Crippen MR) is 60.0 cm³/mol. The van der Waals surface area contributed by atoms with Gasteiger partial charge < -0.3 is 9.73 Å². The molecule has 2 rings (SSSR count). The topological polar surface area (TPSA) is 38.1 Å². The van der Waals surface area contributed by atoms with Crippen LogP contribution in [0.25, 0.3) is 0 Å². The van der Waals surface area contributed by atoms with Crippen LogP contribution < -0.4 is 5.32 Å². The summed E-state index contributed by atoms with van der Waals surface area (Å²) in [5.41, 5.74) is 0.773. The molecule has 5 heteroatoms. The van der Waals surface area contributed by atoms with Gasteiger partial charge in [-0.1, -0.05) is 6.92 Å². The highest BCUT2D eigenvalue weighted by Gasteiger charge is 2.38. The van der Waals surface area contributed by atoms with E-state index in [1.165, 1.54) is 6.39 Å². The Kier molecular flexibility index (Phi) is 3.76. The number of nitrogens with one attached hydrogen (secondary N) is 1. The fourth-order valence-electron chi connectivity index (χ4n) is 2.38. The number of oxazole rings is 1. The lowest BCUT2D eigenvalue weighted by Crippen LogP contribution is -2.25. The largest absolute Gasteiger partial charge is 0.448 e. The van der Waals surface area contributed by atoms with E-state index in [1.807, 2.05) is 6.92 Å². The molecule has 1 fully saturated rings. The third kappa shape index (κ3) is 3.03. The molecule has 17 heavy (non-hydrogen) atoms. The SMILES string of the molecule is CCNCc1ncoc1C1CCCC(F)(F)C1. The highest BCUT2D eigenvalue weighted by molar-refractivity contribution is 5.14. The van der Waals surface area contributed by atoms with Crippen molar-refractivity contribution in [3.63, 3.8) is 0 Å². The molecule has 0 aliphatic heterocycles. The minimum Gasteiger partial charge on any atom is -0.448 e. The van der Waals surface area contributed by atoms with Crippen LogP contribution in [0.2, 0.25) is 0 Å². The van der Waals surface area contributed by atoms with Gasteiger partial charge in [-0.2, -0.15) is 0 Å². The van der Waals surface area contributed by atoms with Crippen LogP contribution in [0.3, 0.4) is 0 Å². The van der Waals surface area contributed by atoms with Crippen molar-refractivity contribution < 1.29 is 13.2 Å². The Labute approximate surface area is 99.6 Å². The summed E-state index contributed by atoms with van der Waals surface area (Å²) in [7, 11) is 0. The van der Waals surface area contributed by atoms with Crippen LogP contribution >= 0.6 is 0 Å². The highest BCUT2D eigenvalue weighted by atomic mass is 19.3. The number of hydrogen-bond donors (Lipinski definition) is 1. The average molecular weight is 244 g/mol. The molecule has 96 valence electrons. The van der Waals surface area contributed by atoms with Crippen LogP contribution in [-0.4, -0.2) is 17.5 Å². The van der Waals surface area contributed by atoms with E-state index >= 15 is 0 Å². The van der Waals surface area contributed by atoms with Crippen molar-refractivity contribution in [2.24, 2.45) is 0 Å². The number of hydrogen-bond acceptors (Lipinski definition) is 3. The minimum atomic E-state index is -2.55. The summed E-state index contributed by atoms with van der Waals surface area (Å²) >= 11 is 0. The van der Waals surface area contributed by atoms with Gasteiger partial charge in [0.15, 0.2) is 6.39 Å². The van der Waals surface area contributed by atoms with Crippen molar-refractivity contribution in [2.75, 3.05) is 6.54 Å². The molecule has 0 amide bonds. The fourth-order valence-corrected chi connectivity index (χ4v) is 2.38. The van der Waals surface area contributed by atoms with Crippen LogP contribution in [0.15, 0.2) is 10.8 Å². The van der Waals surface area contributed by atoms with Gasteiger partial charge in [0.1, 0.15) is 5.76 Å². The zero-order valence-electron chi connectivity index (χ0n) is 10.0. The first-order chi connectivity index (χ1) is 8.12. The second kappa shape index (κ2) is 5.12. The van der Waals surface area contributed by atoms with Gasteiger partial charge in [0.25, 0.3) is 0 Å². The Hall–Kier alpha value is -0.970. The molecule has 1 aliphatic rings. The number of alkyl halides is 2. The van der Waals surface area contributed by atoms with Crippen molar-refractivity contribution >= 4 is 0 Å². The summed E-state index contributed by atoms with van der Waals surface area (Å²) in [6.45, 7) is 3.41. The molecule has 0 radical (unpaired) electrons. The second-order valence-corrected chi connectivity index (χ2v) is 4.59. The van der Waals surface area contributed by atoms with Crippen molar-refractivity contribution in [1.82, 2.24) is 10.3 Å². The predicted octanol–water partition coefficient (Wildman–Crippen LogP) is 3.08. The van der Waals surface area contributed by atoms with E-state index in [4.69, 9.17) is 4.42 Å². The molecule has 1 N–H and O–H groups in total. The highest BCUT2D eigenvalue weighted by Crippen LogP contribution is 2.42. The quantitative estimate of drug-likeness (QED) is 0.884. The molecule has 0 aromatic carbocycles. The summed E-state index contributed by atoms with van der Waals surface area (Å²) in [6, 6.07) is 0. The smallest absolute Gasteiger partial charge is 0.248 e. The molecule has 0 bridgehead atoms. The maximum atomic E-state index is 13.4. The van der Waals surface area contributed by atoms with E-state index in [0.717, 1.165) is 18.7 Å². The molecule has 0 spiro atoms. The van der Waals surface area contributed by atoms with Crippen LogP contribution in [-0.2, 0) is 6.54 Å². The van der Waals surface area contributed by atoms with Gasteiger partial charge in [-0.15, -0.1) is 0 Å². The molecular weight excluding hydrogens is 226 g/mol. The third-order valence-electron chi connectivity index (χ3n) is 3.23. The summed E-state index contributed by atoms with van der Waals surface area (Å²) < 4.78 is 32.0. The Morgan fingerprint density at radius 1 is 1.59 bits per heavy atom. The van der Waals surface area contributed by atoms with E-state index in [0.29, 0.717) is 18.7 Å². The average Bonchev–Trinajstić information content (AvgIpc) is 2.73. The molecular formula is C12H18F2N2O. The second-order valence-electron chi connectivity index (χ2n) is 4.59. The molecule has 1 aliphatic carbocycles. The zero-order chi connectivity index (χ0) is 12.3. The van der Waals surface area contributed by atoms with Gasteiger partial charge in [-0.3, -0.25) is 0 Å². The number of aromatic nitrogens is 1. The van der Waals surface area contributed by atoms with Gasteiger partial charge in [0, 0.05) is 25.3 Å². The summed E-state index contributed by atoms with van der Waals surface area (Å²) in [5.74, 6) is -2.09. The monoisotopic (exact) mass is 244 g/mol. The van der Waals surface area contributed by atoms with Crippen molar-refractivity contribution in [3.8, 4) is 0 Å². The van der Waals surface area contributed by atoms with E-state index < -0.39 is 5.92 Å². The van der Waals surface area contributed by atoms with Crippen molar-refractivity contribution in [2.45, 2.75) is 51.0 Å². The maximum Gasteiger partial charge on any atom is 0.248 e. The van der Waals surface area contributed by atoms with Crippen molar-refractivity contribution in [1.29, 1.82) is 0 Å². The first kappa shape index (κ1) is 12.5. The Morgan fingerprint density at radius 3 is 3.12 bits per heavy atom.